The fourth-order valence-electron chi connectivity index (χ4n) is 2.39. The van der Waals surface area contributed by atoms with Crippen LogP contribution < -0.4 is 27.4 Å². The van der Waals surface area contributed by atoms with E-state index >= 15 is 0 Å². The van der Waals surface area contributed by atoms with Crippen LogP contribution in [0.25, 0.3) is 0 Å². The van der Waals surface area contributed by atoms with Gasteiger partial charge in [0.25, 0.3) is 0 Å². The van der Waals surface area contributed by atoms with Gasteiger partial charge in [0.05, 0.1) is 25.3 Å². The maximum absolute atomic E-state index is 12.6. The van der Waals surface area contributed by atoms with E-state index in [1.165, 1.54) is 11.8 Å². The van der Waals surface area contributed by atoms with Crippen molar-refractivity contribution in [3.05, 3.63) is 0 Å². The average molecular weight is 493 g/mol. The fraction of sp³-hybridized carbons (Fsp3) is 0.588. The van der Waals surface area contributed by atoms with E-state index in [4.69, 9.17) is 26.8 Å². The molecule has 0 rings (SSSR count). The second kappa shape index (κ2) is 14.6. The standard InChI is InChI=1S/C17H27N5O10S/c1-33-3-2-8(15(29)22-10(17(31)32)6-13(26)27)20-16(30)9(5-11(19)23)21-14(28)7(18)4-12(24)25/h7-10H,2-6,18H2,1H3,(H2,19,23)(H,20,30)(H,21,28)(H,22,29)(H,24,25)(H,26,27)(H,31,32). The van der Waals surface area contributed by atoms with Gasteiger partial charge in [0.1, 0.15) is 18.1 Å². The lowest BCUT2D eigenvalue weighted by Crippen LogP contribution is -2.58. The minimum Gasteiger partial charge on any atom is -0.481 e. The van der Waals surface area contributed by atoms with Crippen molar-refractivity contribution >= 4 is 53.3 Å². The molecular formula is C17H27N5O10S. The molecule has 15 nitrogen and oxygen atoms in total. The van der Waals surface area contributed by atoms with Crippen molar-refractivity contribution in [1.29, 1.82) is 0 Å². The van der Waals surface area contributed by atoms with Gasteiger partial charge in [0, 0.05) is 0 Å². The Morgan fingerprint density at radius 2 is 1.24 bits per heavy atom. The molecule has 0 aromatic rings. The van der Waals surface area contributed by atoms with Crippen LogP contribution in [0.4, 0.5) is 0 Å². The third-order valence-corrected chi connectivity index (χ3v) is 4.65. The van der Waals surface area contributed by atoms with E-state index in [1.54, 1.807) is 6.26 Å². The molecule has 4 amide bonds. The van der Waals surface area contributed by atoms with Gasteiger partial charge in [-0.15, -0.1) is 0 Å². The van der Waals surface area contributed by atoms with E-state index in [1.807, 2.05) is 5.32 Å². The number of nitrogens with one attached hydrogen (secondary N) is 3. The monoisotopic (exact) mass is 493 g/mol. The Kier molecular flexibility index (Phi) is 13.1. The lowest BCUT2D eigenvalue weighted by atomic mass is 10.1. The third kappa shape index (κ3) is 12.3. The highest BCUT2D eigenvalue weighted by Gasteiger charge is 2.31. The smallest absolute Gasteiger partial charge is 0.326 e. The van der Waals surface area contributed by atoms with E-state index in [2.05, 4.69) is 10.6 Å². The predicted molar refractivity (Wildman–Crippen MR) is 113 cm³/mol. The van der Waals surface area contributed by atoms with E-state index < -0.39 is 85.0 Å². The lowest BCUT2D eigenvalue weighted by molar-refractivity contribution is -0.147. The number of hydrogen-bond acceptors (Lipinski definition) is 9. The number of thioether (sulfide) groups is 1. The number of amides is 4. The molecule has 0 saturated carbocycles. The Bertz CT molecular complexity index is 777. The van der Waals surface area contributed by atoms with Gasteiger partial charge in [0.15, 0.2) is 0 Å². The molecule has 0 aliphatic rings. The molecule has 33 heavy (non-hydrogen) atoms. The van der Waals surface area contributed by atoms with Crippen LogP contribution >= 0.6 is 11.8 Å². The van der Waals surface area contributed by atoms with Crippen LogP contribution in [0.15, 0.2) is 0 Å². The van der Waals surface area contributed by atoms with Gasteiger partial charge in [-0.1, -0.05) is 0 Å². The zero-order valence-corrected chi connectivity index (χ0v) is 18.4. The number of carbonyl (C=O) groups excluding carboxylic acids is 4. The molecule has 0 saturated heterocycles. The number of carboxylic acid groups (broad SMARTS) is 3. The Labute approximate surface area is 192 Å². The molecule has 0 spiro atoms. The molecule has 0 fully saturated rings. The minimum absolute atomic E-state index is 0.00604. The molecule has 186 valence electrons. The Hall–Kier alpha value is -3.40. The zero-order valence-electron chi connectivity index (χ0n) is 17.6. The first kappa shape index (κ1) is 29.6. The molecule has 0 aliphatic carbocycles. The highest BCUT2D eigenvalue weighted by molar-refractivity contribution is 7.98. The number of rotatable bonds is 16. The van der Waals surface area contributed by atoms with Crippen molar-refractivity contribution in [2.75, 3.05) is 12.0 Å². The molecule has 0 heterocycles. The molecule has 0 aliphatic heterocycles. The van der Waals surface area contributed by atoms with Crippen LogP contribution in [0.2, 0.25) is 0 Å². The van der Waals surface area contributed by atoms with Crippen LogP contribution in [-0.4, -0.2) is 93.0 Å². The molecule has 0 aromatic heterocycles. The molecule has 16 heteroatoms. The molecular weight excluding hydrogens is 466 g/mol. The number of carbonyl (C=O) groups is 7. The molecule has 4 atom stereocenters. The Morgan fingerprint density at radius 1 is 0.758 bits per heavy atom. The summed E-state index contributed by atoms with van der Waals surface area (Å²) >= 11 is 1.29. The van der Waals surface area contributed by atoms with Crippen molar-refractivity contribution in [3.8, 4) is 0 Å². The summed E-state index contributed by atoms with van der Waals surface area (Å²) in [5.41, 5.74) is 10.5. The first-order valence-electron chi connectivity index (χ1n) is 9.38. The number of hydrogen-bond donors (Lipinski definition) is 8. The van der Waals surface area contributed by atoms with Gasteiger partial charge in [-0.3, -0.25) is 28.8 Å². The molecule has 0 aromatic carbocycles. The Morgan fingerprint density at radius 3 is 1.70 bits per heavy atom. The van der Waals surface area contributed by atoms with E-state index in [-0.39, 0.29) is 6.42 Å². The van der Waals surface area contributed by atoms with Crippen molar-refractivity contribution in [3.63, 3.8) is 0 Å². The normalized spacial score (nSPS) is 14.1. The van der Waals surface area contributed by atoms with Gasteiger partial charge in [0.2, 0.25) is 23.6 Å². The van der Waals surface area contributed by atoms with Gasteiger partial charge in [-0.05, 0) is 18.4 Å². The summed E-state index contributed by atoms with van der Waals surface area (Å²) in [5.74, 6) is -8.24. The molecule has 0 bridgehead atoms. The van der Waals surface area contributed by atoms with Crippen LogP contribution in [0.3, 0.4) is 0 Å². The topological polar surface area (TPSA) is 268 Å². The van der Waals surface area contributed by atoms with Crippen molar-refractivity contribution in [2.45, 2.75) is 49.9 Å². The predicted octanol–water partition coefficient (Wildman–Crippen LogP) is -3.57. The van der Waals surface area contributed by atoms with Gasteiger partial charge >= 0.3 is 17.9 Å². The first-order chi connectivity index (χ1) is 15.3. The summed E-state index contributed by atoms with van der Waals surface area (Å²) in [6, 6.07) is -6.25. The molecule has 10 N–H and O–H groups in total. The van der Waals surface area contributed by atoms with Gasteiger partial charge < -0.3 is 42.7 Å². The fourth-order valence-corrected chi connectivity index (χ4v) is 2.87. The van der Waals surface area contributed by atoms with Crippen molar-refractivity contribution in [1.82, 2.24) is 16.0 Å². The highest BCUT2D eigenvalue weighted by Crippen LogP contribution is 2.05. The van der Waals surface area contributed by atoms with Crippen molar-refractivity contribution < 1.29 is 48.9 Å². The number of nitrogens with two attached hydrogens (primary N) is 2. The van der Waals surface area contributed by atoms with Gasteiger partial charge in [-0.2, -0.15) is 11.8 Å². The van der Waals surface area contributed by atoms with E-state index in [9.17, 15) is 33.6 Å². The van der Waals surface area contributed by atoms with Crippen LogP contribution in [0, 0.1) is 0 Å². The van der Waals surface area contributed by atoms with Crippen molar-refractivity contribution in [2.24, 2.45) is 11.5 Å². The SMILES string of the molecule is CSCCC(NC(=O)C(CC(N)=O)NC(=O)C(N)CC(=O)O)C(=O)NC(CC(=O)O)C(=O)O. The number of aliphatic carboxylic acids is 3. The summed E-state index contributed by atoms with van der Waals surface area (Å²) in [6.45, 7) is 0. The zero-order chi connectivity index (χ0) is 25.7. The van der Waals surface area contributed by atoms with E-state index in [0.29, 0.717) is 5.75 Å². The maximum Gasteiger partial charge on any atom is 0.326 e. The lowest BCUT2D eigenvalue weighted by Gasteiger charge is -2.24. The first-order valence-corrected chi connectivity index (χ1v) is 10.8. The highest BCUT2D eigenvalue weighted by atomic mass is 32.2. The largest absolute Gasteiger partial charge is 0.481 e. The van der Waals surface area contributed by atoms with Gasteiger partial charge in [-0.25, -0.2) is 4.79 Å². The summed E-state index contributed by atoms with van der Waals surface area (Å²) in [6.07, 6.45) is -0.679. The Balaban J connectivity index is 5.51. The quantitative estimate of drug-likeness (QED) is 0.104. The maximum atomic E-state index is 12.6. The summed E-state index contributed by atoms with van der Waals surface area (Å²) < 4.78 is 0. The van der Waals surface area contributed by atoms with Crippen LogP contribution in [-0.2, 0) is 33.6 Å². The van der Waals surface area contributed by atoms with E-state index in [0.717, 1.165) is 0 Å². The molecule has 4 unspecified atom stereocenters. The molecule has 0 radical (unpaired) electrons. The summed E-state index contributed by atoms with van der Waals surface area (Å²) in [5, 5.41) is 33.0. The third-order valence-electron chi connectivity index (χ3n) is 4.01. The minimum atomic E-state index is -1.76. The second-order valence-corrected chi connectivity index (χ2v) is 7.76. The second-order valence-electron chi connectivity index (χ2n) is 6.78. The summed E-state index contributed by atoms with van der Waals surface area (Å²) in [7, 11) is 0. The average Bonchev–Trinajstić information content (AvgIpc) is 2.68. The van der Waals surface area contributed by atoms with Crippen LogP contribution in [0.1, 0.15) is 25.7 Å². The number of primary amides is 1. The number of carboxylic acids is 3. The summed E-state index contributed by atoms with van der Waals surface area (Å²) in [4.78, 5) is 81.3. The van der Waals surface area contributed by atoms with Crippen LogP contribution in [0.5, 0.6) is 0 Å².